The number of thiocarbonyl (C=S) groups is 1. The summed E-state index contributed by atoms with van der Waals surface area (Å²) in [5.74, 6) is -0.677. The predicted molar refractivity (Wildman–Crippen MR) is 134 cm³/mol. The number of rotatable bonds is 2. The monoisotopic (exact) mass is 467 g/mol. The van der Waals surface area contributed by atoms with Gasteiger partial charge in [0.2, 0.25) is 0 Å². The number of anilines is 2. The quantitative estimate of drug-likeness (QED) is 0.374. The van der Waals surface area contributed by atoms with Crippen LogP contribution in [0.1, 0.15) is 49.8 Å². The van der Waals surface area contributed by atoms with Crippen molar-refractivity contribution >= 4 is 58.2 Å². The molecular formula is C25H26ClN3O2S. The van der Waals surface area contributed by atoms with Gasteiger partial charge >= 0.3 is 0 Å². The zero-order valence-corrected chi connectivity index (χ0v) is 20.4. The van der Waals surface area contributed by atoms with Crippen LogP contribution in [0.4, 0.5) is 11.4 Å². The molecule has 1 N–H and O–H groups in total. The number of carbonyl (C=O) groups excluding carboxylic acids is 2. The summed E-state index contributed by atoms with van der Waals surface area (Å²) in [5.41, 5.74) is 4.54. The molecule has 2 aliphatic heterocycles. The lowest BCUT2D eigenvalue weighted by Crippen LogP contribution is -2.54. The van der Waals surface area contributed by atoms with Gasteiger partial charge in [-0.3, -0.25) is 19.8 Å². The summed E-state index contributed by atoms with van der Waals surface area (Å²) in [6, 6.07) is 11.3. The van der Waals surface area contributed by atoms with Gasteiger partial charge in [-0.2, -0.15) is 0 Å². The fourth-order valence-corrected chi connectivity index (χ4v) is 4.95. The molecule has 2 aromatic carbocycles. The van der Waals surface area contributed by atoms with Crippen molar-refractivity contribution in [1.82, 2.24) is 5.32 Å². The lowest BCUT2D eigenvalue weighted by atomic mass is 9.80. The molecule has 166 valence electrons. The van der Waals surface area contributed by atoms with E-state index in [0.717, 1.165) is 23.2 Å². The molecule has 0 radical (unpaired) electrons. The van der Waals surface area contributed by atoms with Gasteiger partial charge in [-0.15, -0.1) is 0 Å². The van der Waals surface area contributed by atoms with Gasteiger partial charge in [-0.1, -0.05) is 36.2 Å². The molecule has 32 heavy (non-hydrogen) atoms. The molecule has 2 heterocycles. The standard InChI is InChI=1S/C25H26ClN3O2S/c1-14-6-8-17(9-7-14)29-23(31)19(22(30)27-24(29)32)11-16-10-18-15(2)13-25(3,4)28(5)21(18)12-20(16)26/h6-12,15H,13H2,1-5H3,(H,27,30,32)/b19-11+/t15-/m1/s1. The van der Waals surface area contributed by atoms with Crippen molar-refractivity contribution in [2.24, 2.45) is 0 Å². The minimum atomic E-state index is -0.525. The summed E-state index contributed by atoms with van der Waals surface area (Å²) in [4.78, 5) is 29.6. The van der Waals surface area contributed by atoms with Gasteiger partial charge in [-0.05, 0) is 86.8 Å². The van der Waals surface area contributed by atoms with Crippen LogP contribution in [0.5, 0.6) is 0 Å². The molecule has 0 spiro atoms. The Kier molecular flexibility index (Phi) is 5.63. The van der Waals surface area contributed by atoms with Crippen LogP contribution in [0.15, 0.2) is 42.0 Å². The van der Waals surface area contributed by atoms with E-state index < -0.39 is 11.8 Å². The molecule has 2 amide bonds. The average molecular weight is 468 g/mol. The third kappa shape index (κ3) is 3.82. The second-order valence-corrected chi connectivity index (χ2v) is 10.00. The van der Waals surface area contributed by atoms with E-state index >= 15 is 0 Å². The Morgan fingerprint density at radius 1 is 1.19 bits per heavy atom. The summed E-state index contributed by atoms with van der Waals surface area (Å²) in [5, 5.41) is 3.18. The molecule has 2 aromatic rings. The first-order valence-corrected chi connectivity index (χ1v) is 11.3. The highest BCUT2D eigenvalue weighted by Gasteiger charge is 2.36. The fourth-order valence-electron chi connectivity index (χ4n) is 4.46. The van der Waals surface area contributed by atoms with Gasteiger partial charge in [0.25, 0.3) is 11.8 Å². The van der Waals surface area contributed by atoms with E-state index in [-0.39, 0.29) is 16.2 Å². The molecule has 5 nitrogen and oxygen atoms in total. The average Bonchev–Trinajstić information content (AvgIpc) is 2.71. The van der Waals surface area contributed by atoms with Crippen LogP contribution in [-0.4, -0.2) is 29.5 Å². The molecule has 4 rings (SSSR count). The lowest BCUT2D eigenvalue weighted by Gasteiger charge is -2.45. The lowest BCUT2D eigenvalue weighted by molar-refractivity contribution is -0.122. The van der Waals surface area contributed by atoms with Crippen LogP contribution in [0.25, 0.3) is 6.08 Å². The van der Waals surface area contributed by atoms with Crippen molar-refractivity contribution < 1.29 is 9.59 Å². The van der Waals surface area contributed by atoms with Gasteiger partial charge in [0.05, 0.1) is 5.69 Å². The van der Waals surface area contributed by atoms with E-state index in [9.17, 15) is 9.59 Å². The first-order valence-electron chi connectivity index (χ1n) is 10.5. The molecule has 0 aliphatic carbocycles. The Labute approximate surface area is 199 Å². The van der Waals surface area contributed by atoms with E-state index in [0.29, 0.717) is 22.2 Å². The molecule has 0 bridgehead atoms. The Bertz CT molecular complexity index is 1170. The van der Waals surface area contributed by atoms with Crippen molar-refractivity contribution in [3.05, 3.63) is 63.7 Å². The number of aryl methyl sites for hydroxylation is 1. The van der Waals surface area contributed by atoms with E-state index in [4.69, 9.17) is 23.8 Å². The maximum Gasteiger partial charge on any atom is 0.270 e. The minimum absolute atomic E-state index is 0.00169. The predicted octanol–water partition coefficient (Wildman–Crippen LogP) is 5.20. The Hall–Kier alpha value is -2.70. The first kappa shape index (κ1) is 22.5. The number of hydrogen-bond donors (Lipinski definition) is 1. The summed E-state index contributed by atoms with van der Waals surface area (Å²) in [6.45, 7) is 8.58. The maximum absolute atomic E-state index is 13.3. The van der Waals surface area contributed by atoms with E-state index in [1.807, 2.05) is 31.2 Å². The van der Waals surface area contributed by atoms with Gasteiger partial charge in [0.1, 0.15) is 5.57 Å². The van der Waals surface area contributed by atoms with E-state index in [1.54, 1.807) is 18.2 Å². The van der Waals surface area contributed by atoms with Crippen LogP contribution >= 0.6 is 23.8 Å². The second-order valence-electron chi connectivity index (χ2n) is 9.20. The van der Waals surface area contributed by atoms with E-state index in [1.165, 1.54) is 4.90 Å². The largest absolute Gasteiger partial charge is 0.369 e. The molecule has 7 heteroatoms. The van der Waals surface area contributed by atoms with Crippen molar-refractivity contribution in [3.8, 4) is 0 Å². The van der Waals surface area contributed by atoms with Gasteiger partial charge in [0, 0.05) is 23.3 Å². The molecule has 1 saturated heterocycles. The number of benzene rings is 2. The molecule has 0 aromatic heterocycles. The Morgan fingerprint density at radius 2 is 1.84 bits per heavy atom. The van der Waals surface area contributed by atoms with Crippen molar-refractivity contribution in [3.63, 3.8) is 0 Å². The number of halogens is 1. The normalized spacial score (nSPS) is 21.6. The minimum Gasteiger partial charge on any atom is -0.369 e. The number of fused-ring (bicyclic) bond motifs is 1. The van der Waals surface area contributed by atoms with Crippen LogP contribution < -0.4 is 15.1 Å². The van der Waals surface area contributed by atoms with E-state index in [2.05, 4.69) is 38.0 Å². The van der Waals surface area contributed by atoms with Crippen molar-refractivity contribution in [2.75, 3.05) is 16.8 Å². The Balaban J connectivity index is 1.77. The van der Waals surface area contributed by atoms with Crippen LogP contribution in [0, 0.1) is 6.92 Å². The van der Waals surface area contributed by atoms with Gasteiger partial charge in [-0.25, -0.2) is 0 Å². The highest BCUT2D eigenvalue weighted by atomic mass is 35.5. The highest BCUT2D eigenvalue weighted by Crippen LogP contribution is 2.44. The molecule has 2 aliphatic rings. The summed E-state index contributed by atoms with van der Waals surface area (Å²) in [6.07, 6.45) is 2.55. The third-order valence-electron chi connectivity index (χ3n) is 6.45. The number of nitrogens with one attached hydrogen (secondary N) is 1. The zero-order valence-electron chi connectivity index (χ0n) is 18.8. The summed E-state index contributed by atoms with van der Waals surface area (Å²) < 4.78 is 0. The molecule has 1 fully saturated rings. The fraction of sp³-hybridized carbons (Fsp3) is 0.320. The SMILES string of the molecule is Cc1ccc(N2C(=O)/C(=C/c3cc4c(cc3Cl)N(C)C(C)(C)C[C@H]4C)C(=O)NC2=S)cc1. The molecule has 1 atom stereocenters. The number of amides is 2. The van der Waals surface area contributed by atoms with Crippen LogP contribution in [0.2, 0.25) is 5.02 Å². The maximum atomic E-state index is 13.3. The number of nitrogens with zero attached hydrogens (tertiary/aromatic N) is 2. The molecule has 0 unspecified atom stereocenters. The zero-order chi connectivity index (χ0) is 23.4. The van der Waals surface area contributed by atoms with Crippen molar-refractivity contribution in [1.29, 1.82) is 0 Å². The molecule has 0 saturated carbocycles. The highest BCUT2D eigenvalue weighted by molar-refractivity contribution is 7.80. The third-order valence-corrected chi connectivity index (χ3v) is 7.06. The summed E-state index contributed by atoms with van der Waals surface area (Å²) >= 11 is 11.9. The van der Waals surface area contributed by atoms with Crippen molar-refractivity contribution in [2.45, 2.75) is 45.6 Å². The number of hydrogen-bond acceptors (Lipinski definition) is 4. The summed E-state index contributed by atoms with van der Waals surface area (Å²) in [7, 11) is 2.07. The topological polar surface area (TPSA) is 52.7 Å². The second kappa shape index (κ2) is 8.01. The van der Waals surface area contributed by atoms with Crippen LogP contribution in [0.3, 0.4) is 0 Å². The van der Waals surface area contributed by atoms with Gasteiger partial charge in [0.15, 0.2) is 5.11 Å². The smallest absolute Gasteiger partial charge is 0.270 e. The van der Waals surface area contributed by atoms with Gasteiger partial charge < -0.3 is 4.90 Å². The Morgan fingerprint density at radius 3 is 2.50 bits per heavy atom. The number of carbonyl (C=O) groups is 2. The molecular weight excluding hydrogens is 442 g/mol. The first-order chi connectivity index (χ1) is 15.0. The van der Waals surface area contributed by atoms with Crippen LogP contribution in [-0.2, 0) is 9.59 Å².